The highest BCUT2D eigenvalue weighted by Gasteiger charge is 2.41. The molecule has 0 aromatic heterocycles. The van der Waals surface area contributed by atoms with Gasteiger partial charge < -0.3 is 0 Å². The highest BCUT2D eigenvalue weighted by atomic mass is 31.0. The lowest BCUT2D eigenvalue weighted by Gasteiger charge is -1.97. The van der Waals surface area contributed by atoms with Crippen LogP contribution in [0.2, 0.25) is 0 Å². The van der Waals surface area contributed by atoms with E-state index in [4.69, 9.17) is 0 Å². The molecule has 0 aliphatic heterocycles. The largest absolute Gasteiger partial charge is 0.134 e. The summed E-state index contributed by atoms with van der Waals surface area (Å²) in [4.78, 5) is 0. The second kappa shape index (κ2) is 4.45. The van der Waals surface area contributed by atoms with E-state index in [-0.39, 0.29) is 0 Å². The SMILES string of the molecule is CCCCCCC1C(C)C1P. The van der Waals surface area contributed by atoms with Gasteiger partial charge in [-0.3, -0.25) is 0 Å². The Morgan fingerprint density at radius 3 is 2.27 bits per heavy atom. The van der Waals surface area contributed by atoms with Crippen LogP contribution in [-0.4, -0.2) is 5.66 Å². The van der Waals surface area contributed by atoms with Crippen LogP contribution in [0.3, 0.4) is 0 Å². The van der Waals surface area contributed by atoms with Crippen LogP contribution in [0.4, 0.5) is 0 Å². The van der Waals surface area contributed by atoms with Crippen LogP contribution in [0.5, 0.6) is 0 Å². The van der Waals surface area contributed by atoms with Crippen LogP contribution < -0.4 is 0 Å². The van der Waals surface area contributed by atoms with Crippen molar-refractivity contribution < 1.29 is 0 Å². The molecule has 0 N–H and O–H groups in total. The van der Waals surface area contributed by atoms with Gasteiger partial charge in [0.15, 0.2) is 0 Å². The molecule has 1 heteroatoms. The molecular weight excluding hydrogens is 151 g/mol. The van der Waals surface area contributed by atoms with Gasteiger partial charge in [0, 0.05) is 0 Å². The quantitative estimate of drug-likeness (QED) is 0.440. The number of hydrogen-bond donors (Lipinski definition) is 0. The first-order chi connectivity index (χ1) is 5.27. The van der Waals surface area contributed by atoms with E-state index in [1.807, 2.05) is 0 Å². The molecule has 0 spiro atoms. The van der Waals surface area contributed by atoms with Crippen LogP contribution in [0.25, 0.3) is 0 Å². The predicted molar refractivity (Wildman–Crippen MR) is 54.9 cm³/mol. The van der Waals surface area contributed by atoms with Crippen molar-refractivity contribution in [1.82, 2.24) is 0 Å². The smallest absolute Gasteiger partial charge is 0.0204 e. The first-order valence-electron chi connectivity index (χ1n) is 5.03. The molecule has 1 fully saturated rings. The normalized spacial score (nSPS) is 35.7. The first-order valence-corrected chi connectivity index (χ1v) is 5.69. The lowest BCUT2D eigenvalue weighted by atomic mass is 10.1. The van der Waals surface area contributed by atoms with Crippen LogP contribution >= 0.6 is 9.24 Å². The van der Waals surface area contributed by atoms with Crippen molar-refractivity contribution in [1.29, 1.82) is 0 Å². The Morgan fingerprint density at radius 2 is 1.82 bits per heavy atom. The third-order valence-corrected chi connectivity index (χ3v) is 4.13. The van der Waals surface area contributed by atoms with E-state index in [1.54, 1.807) is 0 Å². The Morgan fingerprint density at radius 1 is 1.18 bits per heavy atom. The van der Waals surface area contributed by atoms with Crippen molar-refractivity contribution in [3.8, 4) is 0 Å². The standard InChI is InChI=1S/C10H21P/c1-3-4-5-6-7-9-8(2)10(9)11/h8-10H,3-7,11H2,1-2H3. The Labute approximate surface area is 73.3 Å². The van der Waals surface area contributed by atoms with E-state index >= 15 is 0 Å². The van der Waals surface area contributed by atoms with E-state index in [1.165, 1.54) is 32.1 Å². The van der Waals surface area contributed by atoms with Crippen LogP contribution in [0.1, 0.15) is 46.0 Å². The number of rotatable bonds is 5. The third-order valence-electron chi connectivity index (χ3n) is 3.03. The molecular formula is C10H21P. The molecule has 1 saturated carbocycles. The van der Waals surface area contributed by atoms with Crippen LogP contribution in [-0.2, 0) is 0 Å². The molecule has 1 aliphatic rings. The second-order valence-electron chi connectivity index (χ2n) is 3.95. The third kappa shape index (κ3) is 2.75. The summed E-state index contributed by atoms with van der Waals surface area (Å²) in [7, 11) is 2.97. The fourth-order valence-corrected chi connectivity index (χ4v) is 2.54. The molecule has 0 aromatic rings. The zero-order valence-corrected chi connectivity index (χ0v) is 9.00. The monoisotopic (exact) mass is 172 g/mol. The van der Waals surface area contributed by atoms with Gasteiger partial charge in [0.2, 0.25) is 0 Å². The maximum atomic E-state index is 2.97. The van der Waals surface area contributed by atoms with E-state index < -0.39 is 0 Å². The molecule has 0 nitrogen and oxygen atoms in total. The Kier molecular flexibility index (Phi) is 3.85. The fourth-order valence-electron chi connectivity index (χ4n) is 1.84. The minimum Gasteiger partial charge on any atom is -0.134 e. The molecule has 66 valence electrons. The average molecular weight is 172 g/mol. The van der Waals surface area contributed by atoms with Crippen molar-refractivity contribution >= 4 is 9.24 Å². The second-order valence-corrected chi connectivity index (χ2v) is 4.72. The van der Waals surface area contributed by atoms with Gasteiger partial charge in [-0.1, -0.05) is 39.5 Å². The van der Waals surface area contributed by atoms with E-state index in [2.05, 4.69) is 23.1 Å². The zero-order chi connectivity index (χ0) is 8.27. The predicted octanol–water partition coefficient (Wildman–Crippen LogP) is 3.47. The maximum absolute atomic E-state index is 2.97. The van der Waals surface area contributed by atoms with Gasteiger partial charge in [-0.25, -0.2) is 0 Å². The molecule has 0 aromatic carbocycles. The fraction of sp³-hybridized carbons (Fsp3) is 1.00. The molecule has 0 amide bonds. The summed E-state index contributed by atoms with van der Waals surface area (Å²) in [6.07, 6.45) is 7.20. The first kappa shape index (κ1) is 9.52. The molecule has 1 rings (SSSR count). The van der Waals surface area contributed by atoms with Crippen LogP contribution in [0.15, 0.2) is 0 Å². The molecule has 0 saturated heterocycles. The molecule has 11 heavy (non-hydrogen) atoms. The minimum absolute atomic E-state index is 0.955. The molecule has 0 heterocycles. The topological polar surface area (TPSA) is 0 Å². The lowest BCUT2D eigenvalue weighted by Crippen LogP contribution is -1.82. The molecule has 4 unspecified atom stereocenters. The molecule has 0 bridgehead atoms. The summed E-state index contributed by atoms with van der Waals surface area (Å²) in [6, 6.07) is 0. The summed E-state index contributed by atoms with van der Waals surface area (Å²) >= 11 is 0. The van der Waals surface area contributed by atoms with E-state index in [0.29, 0.717) is 0 Å². The Hall–Kier alpha value is 0.430. The number of unbranched alkanes of at least 4 members (excludes halogenated alkanes) is 3. The highest BCUT2D eigenvalue weighted by molar-refractivity contribution is 7.18. The highest BCUT2D eigenvalue weighted by Crippen LogP contribution is 2.48. The van der Waals surface area contributed by atoms with Gasteiger partial charge in [0.1, 0.15) is 0 Å². The van der Waals surface area contributed by atoms with E-state index in [9.17, 15) is 0 Å². The van der Waals surface area contributed by atoms with Crippen molar-refractivity contribution in [3.05, 3.63) is 0 Å². The van der Waals surface area contributed by atoms with Crippen molar-refractivity contribution in [2.45, 2.75) is 51.6 Å². The molecule has 0 radical (unpaired) electrons. The zero-order valence-electron chi connectivity index (χ0n) is 7.84. The Bertz CT molecular complexity index is 103. The molecule has 1 aliphatic carbocycles. The number of hydrogen-bond acceptors (Lipinski definition) is 0. The van der Waals surface area contributed by atoms with Crippen molar-refractivity contribution in [3.63, 3.8) is 0 Å². The Balaban J connectivity index is 1.89. The summed E-state index contributed by atoms with van der Waals surface area (Å²) in [5.41, 5.74) is 0.955. The summed E-state index contributed by atoms with van der Waals surface area (Å²) in [5.74, 6) is 2.05. The summed E-state index contributed by atoms with van der Waals surface area (Å²) in [5, 5.41) is 0. The van der Waals surface area contributed by atoms with Gasteiger partial charge >= 0.3 is 0 Å². The molecule has 4 atom stereocenters. The van der Waals surface area contributed by atoms with Gasteiger partial charge in [0.25, 0.3) is 0 Å². The van der Waals surface area contributed by atoms with Gasteiger partial charge in [-0.2, -0.15) is 0 Å². The van der Waals surface area contributed by atoms with Gasteiger partial charge in [-0.15, -0.1) is 9.24 Å². The lowest BCUT2D eigenvalue weighted by molar-refractivity contribution is 0.578. The average Bonchev–Trinajstić information content (AvgIpc) is 2.55. The van der Waals surface area contributed by atoms with E-state index in [0.717, 1.165) is 17.5 Å². The van der Waals surface area contributed by atoms with Gasteiger partial charge in [0.05, 0.1) is 0 Å². The van der Waals surface area contributed by atoms with Crippen molar-refractivity contribution in [2.24, 2.45) is 11.8 Å². The van der Waals surface area contributed by atoms with Gasteiger partial charge in [-0.05, 0) is 23.9 Å². The van der Waals surface area contributed by atoms with Crippen molar-refractivity contribution in [2.75, 3.05) is 0 Å². The maximum Gasteiger partial charge on any atom is -0.0204 e. The van der Waals surface area contributed by atoms with Crippen LogP contribution in [0, 0.1) is 11.8 Å². The summed E-state index contributed by atoms with van der Waals surface area (Å²) in [6.45, 7) is 4.65. The summed E-state index contributed by atoms with van der Waals surface area (Å²) < 4.78 is 0. The minimum atomic E-state index is 0.955.